The van der Waals surface area contributed by atoms with Gasteiger partial charge in [-0.25, -0.2) is 9.79 Å². The van der Waals surface area contributed by atoms with E-state index in [1.807, 2.05) is 48.5 Å². The molecule has 1 aliphatic heterocycles. The van der Waals surface area contributed by atoms with Crippen molar-refractivity contribution in [1.82, 2.24) is 4.57 Å². The number of allylic oxidation sites excluding steroid dienone is 1. The molecule has 0 spiro atoms. The first-order valence-corrected chi connectivity index (χ1v) is 13.5. The van der Waals surface area contributed by atoms with Crippen molar-refractivity contribution in [2.45, 2.75) is 19.9 Å². The highest BCUT2D eigenvalue weighted by Gasteiger charge is 2.34. The van der Waals surface area contributed by atoms with Crippen LogP contribution in [0, 0.1) is 0 Å². The molecule has 0 N–H and O–H groups in total. The molecule has 1 aromatic heterocycles. The number of benzene rings is 4. The number of rotatable bonds is 4. The molecule has 5 aromatic rings. The maximum atomic E-state index is 14.1. The molecule has 0 amide bonds. The summed E-state index contributed by atoms with van der Waals surface area (Å²) in [6, 6.07) is 25.0. The van der Waals surface area contributed by atoms with Crippen molar-refractivity contribution in [1.29, 1.82) is 0 Å². The smallest absolute Gasteiger partial charge is 0.338 e. The molecule has 38 heavy (non-hydrogen) atoms. The summed E-state index contributed by atoms with van der Waals surface area (Å²) in [5.41, 5.74) is 2.21. The Bertz CT molecular complexity index is 1920. The van der Waals surface area contributed by atoms with Crippen molar-refractivity contribution < 1.29 is 9.53 Å². The molecule has 0 bridgehead atoms. The zero-order chi connectivity index (χ0) is 26.4. The second kappa shape index (κ2) is 9.71. The van der Waals surface area contributed by atoms with Crippen LogP contribution in [0.3, 0.4) is 0 Å². The summed E-state index contributed by atoms with van der Waals surface area (Å²) < 4.78 is 7.48. The van der Waals surface area contributed by atoms with Crippen LogP contribution in [0.2, 0.25) is 5.02 Å². The van der Waals surface area contributed by atoms with Gasteiger partial charge in [-0.15, -0.1) is 0 Å². The van der Waals surface area contributed by atoms with Crippen LogP contribution in [0.15, 0.2) is 99.9 Å². The predicted octanol–water partition coefficient (Wildman–Crippen LogP) is 5.76. The lowest BCUT2D eigenvalue weighted by Gasteiger charge is -2.25. The highest BCUT2D eigenvalue weighted by Crippen LogP contribution is 2.34. The molecule has 0 saturated carbocycles. The number of carbonyl (C=O) groups excluding carboxylic acids is 1. The first kappa shape index (κ1) is 24.3. The number of ether oxygens (including phenoxy) is 1. The molecule has 7 heteroatoms. The van der Waals surface area contributed by atoms with E-state index in [4.69, 9.17) is 16.3 Å². The fourth-order valence-electron chi connectivity index (χ4n) is 5.12. The zero-order valence-electron chi connectivity index (χ0n) is 20.8. The number of carbonyl (C=O) groups is 1. The molecule has 6 rings (SSSR count). The topological polar surface area (TPSA) is 60.7 Å². The third kappa shape index (κ3) is 3.97. The fraction of sp³-hybridized carbons (Fsp3) is 0.129. The van der Waals surface area contributed by atoms with E-state index in [0.29, 0.717) is 31.2 Å². The van der Waals surface area contributed by atoms with Crippen LogP contribution >= 0.6 is 22.9 Å². The summed E-state index contributed by atoms with van der Waals surface area (Å²) >= 11 is 7.92. The molecular weight excluding hydrogens is 516 g/mol. The van der Waals surface area contributed by atoms with E-state index < -0.39 is 12.0 Å². The number of thiazole rings is 1. The van der Waals surface area contributed by atoms with Gasteiger partial charge in [-0.1, -0.05) is 89.7 Å². The molecule has 0 fully saturated rings. The summed E-state index contributed by atoms with van der Waals surface area (Å²) in [6.45, 7) is 3.73. The van der Waals surface area contributed by atoms with Crippen molar-refractivity contribution in [2.24, 2.45) is 4.99 Å². The highest BCUT2D eigenvalue weighted by atomic mass is 35.5. The van der Waals surface area contributed by atoms with Crippen LogP contribution < -0.4 is 14.9 Å². The molecule has 0 unspecified atom stereocenters. The van der Waals surface area contributed by atoms with Gasteiger partial charge in [0.1, 0.15) is 6.04 Å². The molecule has 0 radical (unpaired) electrons. The van der Waals surface area contributed by atoms with E-state index in [2.05, 4.69) is 35.3 Å². The SMILES string of the molecule is CCOC(=O)C1=C(C)N=c2s/c(=C\c3c4ccccc4cc4ccccc34)c(=O)n2[C@@H]1c1ccccc1Cl. The van der Waals surface area contributed by atoms with Crippen molar-refractivity contribution in [3.63, 3.8) is 0 Å². The average Bonchev–Trinajstić information content (AvgIpc) is 3.22. The monoisotopic (exact) mass is 538 g/mol. The van der Waals surface area contributed by atoms with E-state index in [-0.39, 0.29) is 12.2 Å². The normalized spacial score (nSPS) is 15.6. The molecule has 2 heterocycles. The third-order valence-electron chi connectivity index (χ3n) is 6.81. The Morgan fingerprint density at radius 2 is 1.66 bits per heavy atom. The van der Waals surface area contributed by atoms with Crippen molar-refractivity contribution in [3.05, 3.63) is 126 Å². The van der Waals surface area contributed by atoms with Gasteiger partial charge < -0.3 is 4.74 Å². The largest absolute Gasteiger partial charge is 0.463 e. The maximum Gasteiger partial charge on any atom is 0.338 e. The number of nitrogens with zero attached hydrogens (tertiary/aromatic N) is 2. The summed E-state index contributed by atoms with van der Waals surface area (Å²) in [5, 5.41) is 4.77. The third-order valence-corrected chi connectivity index (χ3v) is 8.13. The number of esters is 1. The molecule has 1 atom stereocenters. The Labute approximate surface area is 227 Å². The number of fused-ring (bicyclic) bond motifs is 3. The summed E-state index contributed by atoms with van der Waals surface area (Å²) in [5.74, 6) is -0.506. The molecule has 0 saturated heterocycles. The van der Waals surface area contributed by atoms with E-state index in [1.165, 1.54) is 11.3 Å². The lowest BCUT2D eigenvalue weighted by Crippen LogP contribution is -2.40. The fourth-order valence-corrected chi connectivity index (χ4v) is 6.39. The standard InChI is InChI=1S/C31H23ClN2O3S/c1-3-37-30(36)27-18(2)33-31-34(28(27)23-14-8-9-15-25(23)32)29(35)26(38-31)17-24-21-12-6-4-10-19(21)16-20-11-5-7-13-22(20)24/h4-17,28H,3H2,1-2H3/b26-17-/t28-/m1/s1. The first-order chi connectivity index (χ1) is 18.5. The number of aromatic nitrogens is 1. The van der Waals surface area contributed by atoms with Gasteiger partial charge in [0.25, 0.3) is 5.56 Å². The average molecular weight is 539 g/mol. The lowest BCUT2D eigenvalue weighted by atomic mass is 9.95. The first-order valence-electron chi connectivity index (χ1n) is 12.3. The van der Waals surface area contributed by atoms with E-state index >= 15 is 0 Å². The molecule has 1 aliphatic rings. The van der Waals surface area contributed by atoms with Gasteiger partial charge in [0, 0.05) is 5.02 Å². The number of halogens is 1. The van der Waals surface area contributed by atoms with Gasteiger partial charge in [0.05, 0.1) is 22.4 Å². The van der Waals surface area contributed by atoms with Crippen molar-refractivity contribution in [3.8, 4) is 0 Å². The maximum absolute atomic E-state index is 14.1. The van der Waals surface area contributed by atoms with Crippen LogP contribution in [0.4, 0.5) is 0 Å². The Hall–Kier alpha value is -4.00. The van der Waals surface area contributed by atoms with Crippen LogP contribution in [0.5, 0.6) is 0 Å². The minimum atomic E-state index is -0.745. The molecular formula is C31H23ClN2O3S. The number of hydrogen-bond donors (Lipinski definition) is 0. The van der Waals surface area contributed by atoms with E-state index in [9.17, 15) is 9.59 Å². The quantitative estimate of drug-likeness (QED) is 0.216. The molecule has 5 nitrogen and oxygen atoms in total. The lowest BCUT2D eigenvalue weighted by molar-refractivity contribution is -0.139. The van der Waals surface area contributed by atoms with Crippen molar-refractivity contribution >= 4 is 56.5 Å². The van der Waals surface area contributed by atoms with Gasteiger partial charge in [-0.05, 0) is 64.7 Å². The Balaban J connectivity index is 1.66. The van der Waals surface area contributed by atoms with Crippen LogP contribution in [0.1, 0.15) is 31.0 Å². The molecule has 0 aliphatic carbocycles. The van der Waals surface area contributed by atoms with Gasteiger partial charge >= 0.3 is 5.97 Å². The van der Waals surface area contributed by atoms with E-state index in [1.54, 1.807) is 24.5 Å². The van der Waals surface area contributed by atoms with Crippen molar-refractivity contribution in [2.75, 3.05) is 6.61 Å². The van der Waals surface area contributed by atoms with Gasteiger partial charge in [0.2, 0.25) is 0 Å². The minimum Gasteiger partial charge on any atom is -0.463 e. The van der Waals surface area contributed by atoms with Gasteiger partial charge in [-0.3, -0.25) is 9.36 Å². The second-order valence-corrected chi connectivity index (χ2v) is 10.5. The van der Waals surface area contributed by atoms with E-state index in [0.717, 1.165) is 27.1 Å². The zero-order valence-corrected chi connectivity index (χ0v) is 22.3. The summed E-state index contributed by atoms with van der Waals surface area (Å²) in [4.78, 5) is 32.4. The Morgan fingerprint density at radius 1 is 1.03 bits per heavy atom. The van der Waals surface area contributed by atoms with Gasteiger partial charge in [0.15, 0.2) is 4.80 Å². The summed E-state index contributed by atoms with van der Waals surface area (Å²) in [7, 11) is 0. The highest BCUT2D eigenvalue weighted by molar-refractivity contribution is 7.07. The van der Waals surface area contributed by atoms with Crippen LogP contribution in [-0.4, -0.2) is 17.1 Å². The minimum absolute atomic E-state index is 0.212. The Kier molecular flexibility index (Phi) is 6.22. The molecule has 188 valence electrons. The second-order valence-electron chi connectivity index (χ2n) is 9.06. The molecule has 4 aromatic carbocycles. The number of hydrogen-bond acceptors (Lipinski definition) is 5. The van der Waals surface area contributed by atoms with Crippen LogP contribution in [-0.2, 0) is 9.53 Å². The Morgan fingerprint density at radius 3 is 2.32 bits per heavy atom. The van der Waals surface area contributed by atoms with Gasteiger partial charge in [-0.2, -0.15) is 0 Å². The summed E-state index contributed by atoms with van der Waals surface area (Å²) in [6.07, 6.45) is 1.95. The van der Waals surface area contributed by atoms with Crippen LogP contribution in [0.25, 0.3) is 27.6 Å². The predicted molar refractivity (Wildman–Crippen MR) is 153 cm³/mol.